The van der Waals surface area contributed by atoms with Crippen LogP contribution in [0.3, 0.4) is 0 Å². The highest BCUT2D eigenvalue weighted by atomic mass is 35.5. The Morgan fingerprint density at radius 1 is 1.04 bits per heavy atom. The topological polar surface area (TPSA) is 83.7 Å². The lowest BCUT2D eigenvalue weighted by Crippen LogP contribution is -2.39. The van der Waals surface area contributed by atoms with E-state index in [4.69, 9.17) is 5.73 Å². The minimum atomic E-state index is -3.69. The van der Waals surface area contributed by atoms with E-state index in [0.29, 0.717) is 17.8 Å². The molecule has 0 bridgehead atoms. The third-order valence-electron chi connectivity index (χ3n) is 4.20. The average Bonchev–Trinajstić information content (AvgIpc) is 2.66. The molecule has 8 heteroatoms. The van der Waals surface area contributed by atoms with Gasteiger partial charge in [0.2, 0.25) is 0 Å². The molecule has 142 valence electrons. The number of carbonyl (C=O) groups is 1. The van der Waals surface area contributed by atoms with Gasteiger partial charge in [-0.1, -0.05) is 18.2 Å². The summed E-state index contributed by atoms with van der Waals surface area (Å²) in [5.41, 5.74) is 6.57. The number of hydrogen-bond donors (Lipinski definition) is 1. The Balaban J connectivity index is 0.00000338. The summed E-state index contributed by atoms with van der Waals surface area (Å²) < 4.78 is 26.6. The summed E-state index contributed by atoms with van der Waals surface area (Å²) >= 11 is 0. The Hall–Kier alpha value is -2.09. The minimum absolute atomic E-state index is 0. The molecule has 0 aliphatic heterocycles. The van der Waals surface area contributed by atoms with Crippen molar-refractivity contribution >= 4 is 34.0 Å². The summed E-state index contributed by atoms with van der Waals surface area (Å²) in [5, 5.41) is 0. The zero-order valence-electron chi connectivity index (χ0n) is 15.0. The minimum Gasteiger partial charge on any atom is -0.338 e. The molecule has 0 saturated carbocycles. The number of hydrogen-bond acceptors (Lipinski definition) is 4. The normalized spacial score (nSPS) is 12.0. The Kier molecular flexibility index (Phi) is 7.62. The second-order valence-corrected chi connectivity index (χ2v) is 7.80. The van der Waals surface area contributed by atoms with Crippen LogP contribution in [0.15, 0.2) is 59.5 Å². The van der Waals surface area contributed by atoms with Gasteiger partial charge in [0.1, 0.15) is 0 Å². The van der Waals surface area contributed by atoms with Gasteiger partial charge in [0.25, 0.3) is 15.9 Å². The predicted molar refractivity (Wildman–Crippen MR) is 106 cm³/mol. The van der Waals surface area contributed by atoms with Crippen molar-refractivity contribution in [1.82, 2.24) is 4.90 Å². The van der Waals surface area contributed by atoms with Gasteiger partial charge in [0, 0.05) is 32.2 Å². The summed E-state index contributed by atoms with van der Waals surface area (Å²) in [7, 11) is -0.513. The number of rotatable bonds is 6. The van der Waals surface area contributed by atoms with Gasteiger partial charge in [-0.25, -0.2) is 8.42 Å². The molecule has 0 heterocycles. The molecule has 1 atom stereocenters. The van der Waals surface area contributed by atoms with Crippen LogP contribution in [0.25, 0.3) is 0 Å². The quantitative estimate of drug-likeness (QED) is 0.810. The first-order valence-electron chi connectivity index (χ1n) is 7.90. The Bertz CT molecular complexity index is 827. The molecule has 0 spiro atoms. The lowest BCUT2D eigenvalue weighted by atomic mass is 10.2. The summed E-state index contributed by atoms with van der Waals surface area (Å²) in [6.45, 7) is 2.21. The zero-order chi connectivity index (χ0) is 18.6. The molecule has 26 heavy (non-hydrogen) atoms. The molecule has 0 aliphatic rings. The van der Waals surface area contributed by atoms with Crippen LogP contribution in [-0.2, 0) is 10.0 Å². The first-order valence-corrected chi connectivity index (χ1v) is 9.34. The largest absolute Gasteiger partial charge is 0.338 e. The molecule has 0 fully saturated rings. The highest BCUT2D eigenvalue weighted by molar-refractivity contribution is 7.92. The monoisotopic (exact) mass is 397 g/mol. The Morgan fingerprint density at radius 3 is 2.08 bits per heavy atom. The van der Waals surface area contributed by atoms with Crippen molar-refractivity contribution in [2.75, 3.05) is 24.9 Å². The van der Waals surface area contributed by atoms with Crippen LogP contribution in [-0.4, -0.2) is 45.9 Å². The van der Waals surface area contributed by atoms with E-state index in [2.05, 4.69) is 0 Å². The molecule has 2 aromatic carbocycles. The van der Waals surface area contributed by atoms with Crippen molar-refractivity contribution in [2.24, 2.45) is 5.73 Å². The van der Waals surface area contributed by atoms with Crippen LogP contribution in [0.2, 0.25) is 0 Å². The molecular weight excluding hydrogens is 374 g/mol. The van der Waals surface area contributed by atoms with E-state index in [9.17, 15) is 13.2 Å². The molecule has 0 saturated heterocycles. The van der Waals surface area contributed by atoms with E-state index < -0.39 is 10.0 Å². The lowest BCUT2D eigenvalue weighted by molar-refractivity contribution is 0.0748. The number of amides is 1. The highest BCUT2D eigenvalue weighted by Crippen LogP contribution is 2.22. The van der Waals surface area contributed by atoms with E-state index in [1.165, 1.54) is 35.6 Å². The number of nitrogens with two attached hydrogens (primary N) is 1. The average molecular weight is 398 g/mol. The van der Waals surface area contributed by atoms with Gasteiger partial charge in [0.05, 0.1) is 10.6 Å². The van der Waals surface area contributed by atoms with Crippen molar-refractivity contribution in [3.8, 4) is 0 Å². The maximum Gasteiger partial charge on any atom is 0.264 e. The van der Waals surface area contributed by atoms with Crippen molar-refractivity contribution in [1.29, 1.82) is 0 Å². The van der Waals surface area contributed by atoms with Crippen LogP contribution in [0.1, 0.15) is 17.3 Å². The van der Waals surface area contributed by atoms with Gasteiger partial charge in [-0.15, -0.1) is 12.4 Å². The van der Waals surface area contributed by atoms with E-state index in [1.807, 2.05) is 13.0 Å². The fourth-order valence-corrected chi connectivity index (χ4v) is 3.46. The summed E-state index contributed by atoms with van der Waals surface area (Å²) in [6, 6.07) is 14.7. The van der Waals surface area contributed by atoms with Crippen molar-refractivity contribution in [3.05, 3.63) is 60.2 Å². The van der Waals surface area contributed by atoms with Crippen LogP contribution in [0, 0.1) is 0 Å². The second-order valence-electron chi connectivity index (χ2n) is 5.83. The molecular formula is C18H24ClN3O3S. The smallest absolute Gasteiger partial charge is 0.264 e. The number of halogens is 1. The molecule has 2 N–H and O–H groups in total. The molecule has 0 aliphatic carbocycles. The number of para-hydroxylation sites is 1. The van der Waals surface area contributed by atoms with Crippen molar-refractivity contribution in [2.45, 2.75) is 17.9 Å². The predicted octanol–water partition coefficient (Wildman–Crippen LogP) is 2.35. The highest BCUT2D eigenvalue weighted by Gasteiger charge is 2.22. The number of anilines is 1. The molecule has 1 amide bonds. The van der Waals surface area contributed by atoms with E-state index >= 15 is 0 Å². The molecule has 0 radical (unpaired) electrons. The van der Waals surface area contributed by atoms with Crippen LogP contribution < -0.4 is 10.0 Å². The fourth-order valence-electron chi connectivity index (χ4n) is 2.27. The number of sulfonamides is 1. The van der Waals surface area contributed by atoms with Gasteiger partial charge >= 0.3 is 0 Å². The van der Waals surface area contributed by atoms with Gasteiger partial charge in [0.15, 0.2) is 0 Å². The van der Waals surface area contributed by atoms with E-state index in [1.54, 1.807) is 36.2 Å². The molecule has 2 rings (SSSR count). The molecule has 6 nitrogen and oxygen atoms in total. The SMILES string of the molecule is CC(CN)N(C)C(=O)c1ccc(S(=O)(=O)N(C)c2ccccc2)cc1.Cl. The maximum atomic E-state index is 12.7. The third kappa shape index (κ3) is 4.55. The van der Waals surface area contributed by atoms with Crippen LogP contribution >= 0.6 is 12.4 Å². The summed E-state index contributed by atoms with van der Waals surface area (Å²) in [5.74, 6) is -0.196. The van der Waals surface area contributed by atoms with Crippen LogP contribution in [0.5, 0.6) is 0 Å². The number of likely N-dealkylation sites (N-methyl/N-ethyl adjacent to an activating group) is 1. The second kappa shape index (κ2) is 9.02. The van der Waals surface area contributed by atoms with Gasteiger partial charge < -0.3 is 10.6 Å². The zero-order valence-corrected chi connectivity index (χ0v) is 16.6. The van der Waals surface area contributed by atoms with Crippen molar-refractivity contribution < 1.29 is 13.2 Å². The number of carbonyl (C=O) groups excluding carboxylic acids is 1. The van der Waals surface area contributed by atoms with Gasteiger partial charge in [-0.2, -0.15) is 0 Å². The maximum absolute atomic E-state index is 12.7. The number of nitrogens with zero attached hydrogens (tertiary/aromatic N) is 2. The molecule has 1 unspecified atom stereocenters. The van der Waals surface area contributed by atoms with E-state index in [0.717, 1.165) is 0 Å². The Labute approximate surface area is 161 Å². The first kappa shape index (κ1) is 22.0. The molecule has 2 aromatic rings. The molecule has 0 aromatic heterocycles. The van der Waals surface area contributed by atoms with Gasteiger partial charge in [-0.05, 0) is 43.3 Å². The third-order valence-corrected chi connectivity index (χ3v) is 6.00. The summed E-state index contributed by atoms with van der Waals surface area (Å²) in [4.78, 5) is 14.0. The first-order chi connectivity index (χ1) is 11.8. The lowest BCUT2D eigenvalue weighted by Gasteiger charge is -2.24. The standard InChI is InChI=1S/C18H23N3O3S.ClH/c1-14(13-19)20(2)18(22)15-9-11-17(12-10-15)25(23,24)21(3)16-7-5-4-6-8-16;/h4-12,14H,13,19H2,1-3H3;1H. The van der Waals surface area contributed by atoms with E-state index in [-0.39, 0.29) is 29.3 Å². The van der Waals surface area contributed by atoms with Gasteiger partial charge in [-0.3, -0.25) is 9.10 Å². The van der Waals surface area contributed by atoms with Crippen LogP contribution in [0.4, 0.5) is 5.69 Å². The van der Waals surface area contributed by atoms with Crippen molar-refractivity contribution in [3.63, 3.8) is 0 Å². The summed E-state index contributed by atoms with van der Waals surface area (Å²) in [6.07, 6.45) is 0. The Morgan fingerprint density at radius 2 is 1.58 bits per heavy atom. The fraction of sp³-hybridized carbons (Fsp3) is 0.278. The number of benzene rings is 2.